The van der Waals surface area contributed by atoms with Crippen LogP contribution < -0.4 is 10.6 Å². The maximum absolute atomic E-state index is 13.4. The number of fused-ring (bicyclic) bond motifs is 1. The molecule has 1 aliphatic rings. The van der Waals surface area contributed by atoms with Gasteiger partial charge in [0.25, 0.3) is 5.91 Å². The summed E-state index contributed by atoms with van der Waals surface area (Å²) in [6.45, 7) is 4.57. The number of aromatic nitrogens is 2. The molecule has 12 heteroatoms. The summed E-state index contributed by atoms with van der Waals surface area (Å²) >= 11 is 0. The van der Waals surface area contributed by atoms with Gasteiger partial charge in [0.05, 0.1) is 18.6 Å². The summed E-state index contributed by atoms with van der Waals surface area (Å²) in [6, 6.07) is 1.81. The van der Waals surface area contributed by atoms with Crippen molar-refractivity contribution in [1.29, 1.82) is 0 Å². The zero-order chi connectivity index (χ0) is 22.2. The third-order valence-electron chi connectivity index (χ3n) is 4.51. The average molecular weight is 429 g/mol. The van der Waals surface area contributed by atoms with E-state index in [1.165, 1.54) is 17.3 Å². The summed E-state index contributed by atoms with van der Waals surface area (Å²) in [5.74, 6) is -3.32. The van der Waals surface area contributed by atoms with E-state index in [2.05, 4.69) is 16.9 Å². The van der Waals surface area contributed by atoms with Gasteiger partial charge in [0, 0.05) is 24.3 Å². The molecule has 7 nitrogen and oxygen atoms in total. The van der Waals surface area contributed by atoms with E-state index in [1.54, 1.807) is 16.8 Å². The number of imidazole rings is 1. The molecule has 0 fully saturated rings. The SMILES string of the molecule is C=C(NC(=O)c1ncn2c1CN(C(=O)Nc1ccc(F)c(F)c1)[C@@H](C)C2)C(F)(F)F. The summed E-state index contributed by atoms with van der Waals surface area (Å²) in [5.41, 5.74) is -1.48. The number of rotatable bonds is 3. The molecule has 1 aromatic carbocycles. The van der Waals surface area contributed by atoms with E-state index >= 15 is 0 Å². The average Bonchev–Trinajstić information content (AvgIpc) is 3.05. The number of hydrogen-bond donors (Lipinski definition) is 2. The van der Waals surface area contributed by atoms with Crippen LogP contribution in [0, 0.1) is 11.6 Å². The van der Waals surface area contributed by atoms with Gasteiger partial charge in [-0.2, -0.15) is 13.2 Å². The van der Waals surface area contributed by atoms with E-state index in [4.69, 9.17) is 0 Å². The minimum absolute atomic E-state index is 0.0182. The maximum atomic E-state index is 13.4. The van der Waals surface area contributed by atoms with Gasteiger partial charge < -0.3 is 20.1 Å². The van der Waals surface area contributed by atoms with Crippen molar-refractivity contribution < 1.29 is 31.5 Å². The van der Waals surface area contributed by atoms with Crippen molar-refractivity contribution in [3.8, 4) is 0 Å². The summed E-state index contributed by atoms with van der Waals surface area (Å²) in [7, 11) is 0. The first-order chi connectivity index (χ1) is 14.0. The molecule has 3 rings (SSSR count). The largest absolute Gasteiger partial charge is 0.430 e. The van der Waals surface area contributed by atoms with Gasteiger partial charge in [-0.15, -0.1) is 0 Å². The van der Waals surface area contributed by atoms with Crippen molar-refractivity contribution in [2.24, 2.45) is 0 Å². The Morgan fingerprint density at radius 1 is 1.23 bits per heavy atom. The molecule has 2 N–H and O–H groups in total. The molecule has 2 aromatic rings. The number of carbonyl (C=O) groups excluding carboxylic acids is 2. The second-order valence-corrected chi connectivity index (χ2v) is 6.66. The number of hydrogen-bond acceptors (Lipinski definition) is 3. The fourth-order valence-corrected chi connectivity index (χ4v) is 2.93. The van der Waals surface area contributed by atoms with Gasteiger partial charge in [-0.3, -0.25) is 4.79 Å². The topological polar surface area (TPSA) is 79.3 Å². The number of amides is 3. The zero-order valence-corrected chi connectivity index (χ0v) is 15.6. The fraction of sp³-hybridized carbons (Fsp3) is 0.278. The number of urea groups is 1. The Kier molecular flexibility index (Phi) is 5.51. The van der Waals surface area contributed by atoms with Crippen LogP contribution in [0.3, 0.4) is 0 Å². The molecule has 30 heavy (non-hydrogen) atoms. The Balaban J connectivity index is 1.77. The minimum Gasteiger partial charge on any atom is -0.330 e. The lowest BCUT2D eigenvalue weighted by Gasteiger charge is -2.34. The van der Waals surface area contributed by atoms with Crippen molar-refractivity contribution in [2.45, 2.75) is 32.2 Å². The Bertz CT molecular complexity index is 1020. The smallest absolute Gasteiger partial charge is 0.330 e. The number of alkyl halides is 3. The Morgan fingerprint density at radius 3 is 2.57 bits per heavy atom. The van der Waals surface area contributed by atoms with Crippen molar-refractivity contribution in [3.05, 3.63) is 59.8 Å². The van der Waals surface area contributed by atoms with E-state index in [0.717, 1.165) is 12.1 Å². The number of halogens is 5. The van der Waals surface area contributed by atoms with Crippen LogP contribution in [-0.2, 0) is 13.1 Å². The highest BCUT2D eigenvalue weighted by Crippen LogP contribution is 2.25. The maximum Gasteiger partial charge on any atom is 0.430 e. The van der Waals surface area contributed by atoms with Crippen LogP contribution in [0.15, 0.2) is 36.8 Å². The highest BCUT2D eigenvalue weighted by atomic mass is 19.4. The summed E-state index contributed by atoms with van der Waals surface area (Å²) in [6.07, 6.45) is -3.51. The first kappa shape index (κ1) is 21.3. The lowest BCUT2D eigenvalue weighted by molar-refractivity contribution is -0.0953. The molecular weight excluding hydrogens is 413 g/mol. The van der Waals surface area contributed by atoms with Crippen LogP contribution in [-0.4, -0.2) is 38.6 Å². The predicted molar refractivity (Wildman–Crippen MR) is 95.3 cm³/mol. The van der Waals surface area contributed by atoms with Crippen LogP contribution in [0.25, 0.3) is 0 Å². The highest BCUT2D eigenvalue weighted by Gasteiger charge is 2.36. The first-order valence-corrected chi connectivity index (χ1v) is 8.61. The number of anilines is 1. The third-order valence-corrected chi connectivity index (χ3v) is 4.51. The molecule has 3 amide bonds. The van der Waals surface area contributed by atoms with Crippen molar-refractivity contribution in [1.82, 2.24) is 19.8 Å². The molecule has 0 bridgehead atoms. The van der Waals surface area contributed by atoms with E-state index < -0.39 is 35.4 Å². The lowest BCUT2D eigenvalue weighted by Crippen LogP contribution is -2.47. The summed E-state index contributed by atoms with van der Waals surface area (Å²) in [4.78, 5) is 30.0. The van der Waals surface area contributed by atoms with Crippen molar-refractivity contribution >= 4 is 17.6 Å². The first-order valence-electron chi connectivity index (χ1n) is 8.61. The molecule has 0 saturated carbocycles. The van der Waals surface area contributed by atoms with E-state index in [1.807, 2.05) is 0 Å². The summed E-state index contributed by atoms with van der Waals surface area (Å²) < 4.78 is 65.8. The second kappa shape index (κ2) is 7.76. The lowest BCUT2D eigenvalue weighted by atomic mass is 10.1. The van der Waals surface area contributed by atoms with Gasteiger partial charge in [-0.05, 0) is 19.1 Å². The molecule has 0 saturated heterocycles. The molecule has 0 aliphatic carbocycles. The van der Waals surface area contributed by atoms with Crippen LogP contribution >= 0.6 is 0 Å². The Labute approximate surface area is 167 Å². The van der Waals surface area contributed by atoms with Crippen LogP contribution in [0.1, 0.15) is 23.1 Å². The van der Waals surface area contributed by atoms with Gasteiger partial charge in [0.1, 0.15) is 5.70 Å². The second-order valence-electron chi connectivity index (χ2n) is 6.66. The number of nitrogens with zero attached hydrogens (tertiary/aromatic N) is 3. The Hall–Kier alpha value is -3.44. The van der Waals surface area contributed by atoms with Crippen molar-refractivity contribution in [2.75, 3.05) is 5.32 Å². The third kappa shape index (κ3) is 4.26. The van der Waals surface area contributed by atoms with E-state index in [9.17, 15) is 31.5 Å². The van der Waals surface area contributed by atoms with Gasteiger partial charge in [0.2, 0.25) is 0 Å². The zero-order valence-electron chi connectivity index (χ0n) is 15.6. The molecule has 2 heterocycles. The van der Waals surface area contributed by atoms with Gasteiger partial charge in [-0.1, -0.05) is 6.58 Å². The quantitative estimate of drug-likeness (QED) is 0.735. The minimum atomic E-state index is -4.81. The monoisotopic (exact) mass is 429 g/mol. The number of carbonyl (C=O) groups is 2. The number of nitrogens with one attached hydrogen (secondary N) is 2. The number of allylic oxidation sites excluding steroid dienone is 1. The van der Waals surface area contributed by atoms with Crippen LogP contribution in [0.2, 0.25) is 0 Å². The Morgan fingerprint density at radius 2 is 1.93 bits per heavy atom. The van der Waals surface area contributed by atoms with Crippen LogP contribution in [0.4, 0.5) is 32.4 Å². The molecule has 1 atom stereocenters. The molecule has 1 aliphatic heterocycles. The molecule has 1 aromatic heterocycles. The molecule has 0 spiro atoms. The molecule has 0 radical (unpaired) electrons. The molecular formula is C18H16F5N5O2. The summed E-state index contributed by atoms with van der Waals surface area (Å²) in [5, 5.41) is 4.07. The predicted octanol–water partition coefficient (Wildman–Crippen LogP) is 3.40. The number of benzene rings is 1. The highest BCUT2D eigenvalue weighted by molar-refractivity contribution is 5.95. The van der Waals surface area contributed by atoms with E-state index in [0.29, 0.717) is 0 Å². The van der Waals surface area contributed by atoms with Gasteiger partial charge in [-0.25, -0.2) is 18.6 Å². The molecule has 0 unspecified atom stereocenters. The fourth-order valence-electron chi connectivity index (χ4n) is 2.93. The van der Waals surface area contributed by atoms with Crippen LogP contribution in [0.5, 0.6) is 0 Å². The molecule has 160 valence electrons. The van der Waals surface area contributed by atoms with E-state index in [-0.39, 0.29) is 36.2 Å². The van der Waals surface area contributed by atoms with Gasteiger partial charge >= 0.3 is 12.2 Å². The van der Waals surface area contributed by atoms with Crippen molar-refractivity contribution in [3.63, 3.8) is 0 Å². The van der Waals surface area contributed by atoms with Gasteiger partial charge in [0.15, 0.2) is 17.3 Å². The normalized spacial score (nSPS) is 16.1. The standard InChI is InChI=1S/C18H16F5N5O2/c1-9-6-27-8-24-15(16(29)25-10(2)18(21,22)23)14(27)7-28(9)17(30)26-11-3-4-12(19)13(20)5-11/h3-5,8-9H,2,6-7H2,1H3,(H,25,29)(H,26,30)/t9-/m0/s1.